The first-order chi connectivity index (χ1) is 12.5. The van der Waals surface area contributed by atoms with Crippen LogP contribution in [-0.2, 0) is 10.0 Å². The van der Waals surface area contributed by atoms with Crippen LogP contribution in [0.5, 0.6) is 17.2 Å². The van der Waals surface area contributed by atoms with Gasteiger partial charge < -0.3 is 14.2 Å². The van der Waals surface area contributed by atoms with E-state index in [1.165, 1.54) is 33.5 Å². The van der Waals surface area contributed by atoms with Gasteiger partial charge in [0.2, 0.25) is 0 Å². The minimum atomic E-state index is -3.96. The van der Waals surface area contributed by atoms with Crippen LogP contribution in [0.4, 0.5) is 5.69 Å². The topological polar surface area (TPSA) is 86.8 Å². The molecule has 0 fully saturated rings. The van der Waals surface area contributed by atoms with Crippen LogP contribution in [-0.4, -0.2) is 34.7 Å². The maximum absolute atomic E-state index is 13.0. The van der Waals surface area contributed by atoms with E-state index in [2.05, 4.69) is 9.71 Å². The summed E-state index contributed by atoms with van der Waals surface area (Å²) in [4.78, 5) is 4.24. The van der Waals surface area contributed by atoms with Crippen LogP contribution in [0.2, 0.25) is 0 Å². The van der Waals surface area contributed by atoms with E-state index >= 15 is 0 Å². The number of nitrogens with one attached hydrogen (secondary N) is 1. The Balaban J connectivity index is 2.13. The van der Waals surface area contributed by atoms with Crippen LogP contribution in [0.15, 0.2) is 53.6 Å². The standard InChI is InChI=1S/C18H18N2O5S/c1-23-13-6-7-16(25-3)17(11-13)26(21,22)20-15-10-14(24-2)9-12-5-4-8-19-18(12)15/h4-11,20H,1-3H3. The summed E-state index contributed by atoms with van der Waals surface area (Å²) in [7, 11) is 0.429. The van der Waals surface area contributed by atoms with Gasteiger partial charge in [-0.05, 0) is 24.3 Å². The molecule has 0 aliphatic rings. The van der Waals surface area contributed by atoms with Gasteiger partial charge in [-0.25, -0.2) is 8.42 Å². The number of rotatable bonds is 6. The number of nitrogens with zero attached hydrogens (tertiary/aromatic N) is 1. The number of benzene rings is 2. The number of anilines is 1. The SMILES string of the molecule is COc1ccc(OC)c(S(=O)(=O)Nc2cc(OC)cc3cccnc23)c1. The summed E-state index contributed by atoms with van der Waals surface area (Å²) in [6.45, 7) is 0. The van der Waals surface area contributed by atoms with Gasteiger partial charge in [-0.15, -0.1) is 0 Å². The molecule has 26 heavy (non-hydrogen) atoms. The fraction of sp³-hybridized carbons (Fsp3) is 0.167. The Bertz CT molecular complexity index is 1050. The van der Waals surface area contributed by atoms with Crippen molar-refractivity contribution in [2.24, 2.45) is 0 Å². The number of aromatic nitrogens is 1. The number of sulfonamides is 1. The fourth-order valence-electron chi connectivity index (χ4n) is 2.55. The monoisotopic (exact) mass is 374 g/mol. The lowest BCUT2D eigenvalue weighted by molar-refractivity contribution is 0.392. The average molecular weight is 374 g/mol. The van der Waals surface area contributed by atoms with Gasteiger partial charge in [0.15, 0.2) is 0 Å². The third kappa shape index (κ3) is 3.36. The minimum absolute atomic E-state index is 0.0359. The van der Waals surface area contributed by atoms with Crippen LogP contribution in [0.25, 0.3) is 10.9 Å². The molecule has 0 unspecified atom stereocenters. The molecular formula is C18H18N2O5S. The predicted molar refractivity (Wildman–Crippen MR) is 98.6 cm³/mol. The van der Waals surface area contributed by atoms with E-state index in [0.717, 1.165) is 5.39 Å². The molecule has 136 valence electrons. The maximum atomic E-state index is 13.0. The van der Waals surface area contributed by atoms with Crippen LogP contribution in [0.1, 0.15) is 0 Å². The number of hydrogen-bond acceptors (Lipinski definition) is 6. The van der Waals surface area contributed by atoms with Gasteiger partial charge in [-0.2, -0.15) is 0 Å². The Morgan fingerprint density at radius 1 is 0.923 bits per heavy atom. The van der Waals surface area contributed by atoms with Gasteiger partial charge in [-0.3, -0.25) is 9.71 Å². The van der Waals surface area contributed by atoms with Crippen molar-refractivity contribution in [3.8, 4) is 17.2 Å². The third-order valence-electron chi connectivity index (χ3n) is 3.82. The van der Waals surface area contributed by atoms with E-state index in [4.69, 9.17) is 14.2 Å². The number of hydrogen-bond donors (Lipinski definition) is 1. The zero-order valence-corrected chi connectivity index (χ0v) is 15.3. The normalized spacial score (nSPS) is 11.2. The molecule has 3 rings (SSSR count). The Hall–Kier alpha value is -3.00. The van der Waals surface area contributed by atoms with Crippen molar-refractivity contribution >= 4 is 26.6 Å². The average Bonchev–Trinajstić information content (AvgIpc) is 2.67. The van der Waals surface area contributed by atoms with Gasteiger partial charge in [0.05, 0.1) is 32.5 Å². The van der Waals surface area contributed by atoms with Gasteiger partial charge in [0.1, 0.15) is 22.1 Å². The molecule has 0 amide bonds. The van der Waals surface area contributed by atoms with Gasteiger partial charge in [0, 0.05) is 23.7 Å². The molecule has 0 saturated heterocycles. The molecule has 0 atom stereocenters. The summed E-state index contributed by atoms with van der Waals surface area (Å²) in [6, 6.07) is 11.5. The zero-order valence-electron chi connectivity index (χ0n) is 14.5. The highest BCUT2D eigenvalue weighted by molar-refractivity contribution is 7.92. The molecule has 0 saturated carbocycles. The van der Waals surface area contributed by atoms with Crippen molar-refractivity contribution in [3.05, 3.63) is 48.7 Å². The molecule has 2 aromatic carbocycles. The van der Waals surface area contributed by atoms with Gasteiger partial charge >= 0.3 is 0 Å². The van der Waals surface area contributed by atoms with Crippen molar-refractivity contribution in [1.82, 2.24) is 4.98 Å². The summed E-state index contributed by atoms with van der Waals surface area (Å²) in [5.74, 6) is 1.12. The van der Waals surface area contributed by atoms with E-state index < -0.39 is 10.0 Å². The second-order valence-electron chi connectivity index (χ2n) is 5.37. The van der Waals surface area contributed by atoms with E-state index in [9.17, 15) is 8.42 Å². The van der Waals surface area contributed by atoms with Crippen LogP contribution in [0, 0.1) is 0 Å². The number of fused-ring (bicyclic) bond motifs is 1. The fourth-order valence-corrected chi connectivity index (χ4v) is 3.80. The molecule has 3 aromatic rings. The first-order valence-electron chi connectivity index (χ1n) is 7.66. The molecular weight excluding hydrogens is 356 g/mol. The molecule has 1 aromatic heterocycles. The van der Waals surface area contributed by atoms with Crippen molar-refractivity contribution in [2.75, 3.05) is 26.1 Å². The molecule has 0 aliphatic heterocycles. The summed E-state index contributed by atoms with van der Waals surface area (Å²) < 4.78 is 44.1. The second kappa shape index (κ2) is 7.09. The van der Waals surface area contributed by atoms with Crippen molar-refractivity contribution < 1.29 is 22.6 Å². The van der Waals surface area contributed by atoms with Crippen molar-refractivity contribution in [3.63, 3.8) is 0 Å². The maximum Gasteiger partial charge on any atom is 0.265 e. The summed E-state index contributed by atoms with van der Waals surface area (Å²) in [5, 5.41) is 0.752. The Labute approximate surface area is 151 Å². The molecule has 1 N–H and O–H groups in total. The quantitative estimate of drug-likeness (QED) is 0.714. The summed E-state index contributed by atoms with van der Waals surface area (Å²) in [6.07, 6.45) is 1.60. The van der Waals surface area contributed by atoms with E-state index in [-0.39, 0.29) is 10.6 Å². The Morgan fingerprint density at radius 3 is 2.38 bits per heavy atom. The minimum Gasteiger partial charge on any atom is -0.497 e. The molecule has 0 aliphatic carbocycles. The highest BCUT2D eigenvalue weighted by Crippen LogP contribution is 2.33. The second-order valence-corrected chi connectivity index (χ2v) is 7.02. The Morgan fingerprint density at radius 2 is 1.69 bits per heavy atom. The van der Waals surface area contributed by atoms with Crippen LogP contribution >= 0.6 is 0 Å². The van der Waals surface area contributed by atoms with E-state index in [1.807, 2.05) is 6.07 Å². The highest BCUT2D eigenvalue weighted by Gasteiger charge is 2.22. The number of pyridine rings is 1. The van der Waals surface area contributed by atoms with Crippen molar-refractivity contribution in [2.45, 2.75) is 4.90 Å². The summed E-state index contributed by atoms with van der Waals surface area (Å²) in [5.41, 5.74) is 0.823. The molecule has 1 heterocycles. The van der Waals surface area contributed by atoms with Gasteiger partial charge in [0.25, 0.3) is 10.0 Å². The molecule has 8 heteroatoms. The lowest BCUT2D eigenvalue weighted by Gasteiger charge is -2.14. The molecule has 0 spiro atoms. The largest absolute Gasteiger partial charge is 0.497 e. The molecule has 0 bridgehead atoms. The van der Waals surface area contributed by atoms with E-state index in [1.54, 1.807) is 30.5 Å². The lowest BCUT2D eigenvalue weighted by Crippen LogP contribution is -2.15. The number of ether oxygens (including phenoxy) is 3. The summed E-state index contributed by atoms with van der Waals surface area (Å²) >= 11 is 0. The molecule has 0 radical (unpaired) electrons. The lowest BCUT2D eigenvalue weighted by atomic mass is 10.2. The van der Waals surface area contributed by atoms with Gasteiger partial charge in [-0.1, -0.05) is 6.07 Å². The van der Waals surface area contributed by atoms with Crippen LogP contribution in [0.3, 0.4) is 0 Å². The third-order valence-corrected chi connectivity index (χ3v) is 5.21. The first-order valence-corrected chi connectivity index (χ1v) is 9.14. The zero-order chi connectivity index (χ0) is 18.7. The smallest absolute Gasteiger partial charge is 0.265 e. The molecule has 7 nitrogen and oxygen atoms in total. The predicted octanol–water partition coefficient (Wildman–Crippen LogP) is 3.06. The highest BCUT2D eigenvalue weighted by atomic mass is 32.2. The van der Waals surface area contributed by atoms with Crippen molar-refractivity contribution in [1.29, 1.82) is 0 Å². The first kappa shape index (κ1) is 17.8. The van der Waals surface area contributed by atoms with Crippen LogP contribution < -0.4 is 18.9 Å². The van der Waals surface area contributed by atoms with E-state index in [0.29, 0.717) is 22.7 Å². The number of methoxy groups -OCH3 is 3. The Kier molecular flexibility index (Phi) is 4.85.